The van der Waals surface area contributed by atoms with Crippen molar-refractivity contribution >= 4 is 0 Å². The molecule has 5 nitrogen and oxygen atoms in total. The Morgan fingerprint density at radius 1 is 0.818 bits per heavy atom. The second kappa shape index (κ2) is 5.29. The van der Waals surface area contributed by atoms with Crippen molar-refractivity contribution in [1.82, 2.24) is 19.7 Å². The standard InChI is InChI=1S/C17H12N4O/c1-2-12-21(11-1)15-5-3-13(4-6-15)16-19-17(22-20-16)14-7-9-18-10-8-14/h1-12H. The van der Waals surface area contributed by atoms with E-state index in [2.05, 4.69) is 15.1 Å². The molecule has 1 aromatic carbocycles. The van der Waals surface area contributed by atoms with E-state index >= 15 is 0 Å². The van der Waals surface area contributed by atoms with Crippen molar-refractivity contribution in [2.75, 3.05) is 0 Å². The number of benzene rings is 1. The summed E-state index contributed by atoms with van der Waals surface area (Å²) in [5.41, 5.74) is 2.87. The monoisotopic (exact) mass is 288 g/mol. The van der Waals surface area contributed by atoms with Crippen LogP contribution in [0.1, 0.15) is 0 Å². The molecule has 106 valence electrons. The molecule has 22 heavy (non-hydrogen) atoms. The third-order valence-electron chi connectivity index (χ3n) is 3.38. The zero-order valence-electron chi connectivity index (χ0n) is 11.6. The van der Waals surface area contributed by atoms with Crippen LogP contribution < -0.4 is 0 Å². The Hall–Kier alpha value is -3.21. The molecule has 0 aliphatic rings. The summed E-state index contributed by atoms with van der Waals surface area (Å²) in [5, 5.41) is 4.04. The quantitative estimate of drug-likeness (QED) is 0.578. The summed E-state index contributed by atoms with van der Waals surface area (Å²) in [6.07, 6.45) is 7.41. The van der Waals surface area contributed by atoms with Crippen molar-refractivity contribution in [3.8, 4) is 28.5 Å². The smallest absolute Gasteiger partial charge is 0.258 e. The number of hydrogen-bond acceptors (Lipinski definition) is 4. The van der Waals surface area contributed by atoms with Gasteiger partial charge in [0.2, 0.25) is 5.82 Å². The number of hydrogen-bond donors (Lipinski definition) is 0. The number of pyridine rings is 1. The van der Waals surface area contributed by atoms with Gasteiger partial charge >= 0.3 is 0 Å². The van der Waals surface area contributed by atoms with E-state index in [1.807, 2.05) is 65.5 Å². The van der Waals surface area contributed by atoms with E-state index in [9.17, 15) is 0 Å². The van der Waals surface area contributed by atoms with Crippen LogP contribution in [0.25, 0.3) is 28.5 Å². The van der Waals surface area contributed by atoms with Crippen molar-refractivity contribution in [3.63, 3.8) is 0 Å². The van der Waals surface area contributed by atoms with Gasteiger partial charge < -0.3 is 9.09 Å². The summed E-state index contributed by atoms with van der Waals surface area (Å²) in [4.78, 5) is 8.41. The highest BCUT2D eigenvalue weighted by Gasteiger charge is 2.10. The maximum Gasteiger partial charge on any atom is 0.258 e. The van der Waals surface area contributed by atoms with Gasteiger partial charge in [0.25, 0.3) is 5.89 Å². The predicted octanol–water partition coefficient (Wildman–Crippen LogP) is 3.59. The molecule has 0 fully saturated rings. The Morgan fingerprint density at radius 3 is 2.27 bits per heavy atom. The Kier molecular flexibility index (Phi) is 3.01. The fourth-order valence-electron chi connectivity index (χ4n) is 2.24. The normalized spacial score (nSPS) is 10.7. The maximum absolute atomic E-state index is 5.31. The zero-order valence-corrected chi connectivity index (χ0v) is 11.6. The van der Waals surface area contributed by atoms with Gasteiger partial charge in [-0.25, -0.2) is 0 Å². The third-order valence-corrected chi connectivity index (χ3v) is 3.38. The first-order chi connectivity index (χ1) is 10.9. The first-order valence-electron chi connectivity index (χ1n) is 6.88. The molecule has 0 atom stereocenters. The molecule has 4 aromatic rings. The third kappa shape index (κ3) is 2.29. The van der Waals surface area contributed by atoms with Crippen LogP contribution in [0.5, 0.6) is 0 Å². The Bertz CT molecular complexity index is 865. The van der Waals surface area contributed by atoms with Crippen LogP contribution in [0.2, 0.25) is 0 Å². The lowest BCUT2D eigenvalue weighted by molar-refractivity contribution is 0.432. The van der Waals surface area contributed by atoms with Gasteiger partial charge in [-0.2, -0.15) is 4.98 Å². The minimum Gasteiger partial charge on any atom is -0.334 e. The molecule has 0 amide bonds. The van der Waals surface area contributed by atoms with E-state index in [-0.39, 0.29) is 0 Å². The van der Waals surface area contributed by atoms with Crippen LogP contribution >= 0.6 is 0 Å². The summed E-state index contributed by atoms with van der Waals surface area (Å²) < 4.78 is 7.36. The second-order valence-electron chi connectivity index (χ2n) is 4.80. The van der Waals surface area contributed by atoms with Crippen LogP contribution in [0.15, 0.2) is 77.8 Å². The summed E-state index contributed by atoms with van der Waals surface area (Å²) in [7, 11) is 0. The van der Waals surface area contributed by atoms with Crippen LogP contribution in [-0.2, 0) is 0 Å². The summed E-state index contributed by atoms with van der Waals surface area (Å²) in [5.74, 6) is 1.07. The molecule has 3 aromatic heterocycles. The van der Waals surface area contributed by atoms with Crippen molar-refractivity contribution in [3.05, 3.63) is 73.3 Å². The van der Waals surface area contributed by atoms with Crippen LogP contribution in [0.4, 0.5) is 0 Å². The second-order valence-corrected chi connectivity index (χ2v) is 4.80. The van der Waals surface area contributed by atoms with Crippen molar-refractivity contribution in [1.29, 1.82) is 0 Å². The van der Waals surface area contributed by atoms with E-state index in [4.69, 9.17) is 4.52 Å². The Labute approximate surface area is 126 Å². The van der Waals surface area contributed by atoms with Crippen LogP contribution in [0, 0.1) is 0 Å². The average Bonchev–Trinajstić information content (AvgIpc) is 3.28. The highest BCUT2D eigenvalue weighted by atomic mass is 16.5. The molecule has 0 radical (unpaired) electrons. The van der Waals surface area contributed by atoms with E-state index in [0.717, 1.165) is 16.8 Å². The maximum atomic E-state index is 5.31. The molecule has 5 heteroatoms. The van der Waals surface area contributed by atoms with Gasteiger partial charge in [0.1, 0.15) is 0 Å². The number of rotatable bonds is 3. The molecule has 0 spiro atoms. The molecule has 3 heterocycles. The highest BCUT2D eigenvalue weighted by Crippen LogP contribution is 2.22. The minimum absolute atomic E-state index is 0.492. The number of aromatic nitrogens is 4. The van der Waals surface area contributed by atoms with E-state index in [1.54, 1.807) is 12.4 Å². The first-order valence-corrected chi connectivity index (χ1v) is 6.88. The molecular weight excluding hydrogens is 276 g/mol. The lowest BCUT2D eigenvalue weighted by Crippen LogP contribution is -1.89. The molecular formula is C17H12N4O. The van der Waals surface area contributed by atoms with Gasteiger partial charge in [-0.3, -0.25) is 4.98 Å². The highest BCUT2D eigenvalue weighted by molar-refractivity contribution is 5.60. The summed E-state index contributed by atoms with van der Waals surface area (Å²) >= 11 is 0. The van der Waals surface area contributed by atoms with Gasteiger partial charge in [-0.15, -0.1) is 0 Å². The van der Waals surface area contributed by atoms with E-state index < -0.39 is 0 Å². The van der Waals surface area contributed by atoms with Gasteiger partial charge in [-0.1, -0.05) is 5.16 Å². The van der Waals surface area contributed by atoms with Gasteiger partial charge in [0, 0.05) is 41.6 Å². The fraction of sp³-hybridized carbons (Fsp3) is 0. The van der Waals surface area contributed by atoms with E-state index in [0.29, 0.717) is 11.7 Å². The molecule has 0 unspecified atom stereocenters. The lowest BCUT2D eigenvalue weighted by atomic mass is 10.2. The van der Waals surface area contributed by atoms with Gasteiger partial charge in [0.15, 0.2) is 0 Å². The fourth-order valence-corrected chi connectivity index (χ4v) is 2.24. The van der Waals surface area contributed by atoms with Crippen molar-refractivity contribution in [2.45, 2.75) is 0 Å². The Balaban J connectivity index is 1.64. The van der Waals surface area contributed by atoms with Gasteiger partial charge in [0.05, 0.1) is 0 Å². The summed E-state index contributed by atoms with van der Waals surface area (Å²) in [6.45, 7) is 0. The van der Waals surface area contributed by atoms with Gasteiger partial charge in [-0.05, 0) is 48.5 Å². The molecule has 0 saturated heterocycles. The topological polar surface area (TPSA) is 56.7 Å². The molecule has 4 rings (SSSR count). The molecule has 0 saturated carbocycles. The molecule has 0 aliphatic carbocycles. The van der Waals surface area contributed by atoms with Crippen LogP contribution in [-0.4, -0.2) is 19.7 Å². The number of nitrogens with zero attached hydrogens (tertiary/aromatic N) is 4. The zero-order chi connectivity index (χ0) is 14.8. The molecule has 0 aliphatic heterocycles. The summed E-state index contributed by atoms with van der Waals surface area (Å²) in [6, 6.07) is 15.7. The largest absolute Gasteiger partial charge is 0.334 e. The minimum atomic E-state index is 0.492. The van der Waals surface area contributed by atoms with E-state index in [1.165, 1.54) is 0 Å². The van der Waals surface area contributed by atoms with Crippen LogP contribution in [0.3, 0.4) is 0 Å². The van der Waals surface area contributed by atoms with Crippen molar-refractivity contribution in [2.24, 2.45) is 0 Å². The Morgan fingerprint density at radius 2 is 1.55 bits per heavy atom. The molecule has 0 bridgehead atoms. The average molecular weight is 288 g/mol. The SMILES string of the molecule is c1ccn(-c2ccc(-c3noc(-c4ccncc4)n3)cc2)c1. The van der Waals surface area contributed by atoms with Crippen molar-refractivity contribution < 1.29 is 4.52 Å². The first kappa shape index (κ1) is 12.5. The molecule has 0 N–H and O–H groups in total. The predicted molar refractivity (Wildman–Crippen MR) is 82.3 cm³/mol. The lowest BCUT2D eigenvalue weighted by Gasteiger charge is -2.02.